The van der Waals surface area contributed by atoms with Gasteiger partial charge in [-0.25, -0.2) is 4.98 Å². The summed E-state index contributed by atoms with van der Waals surface area (Å²) >= 11 is 2.29. The number of hydrogen-bond acceptors (Lipinski definition) is 8. The first-order chi connectivity index (χ1) is 12.0. The quantitative estimate of drug-likeness (QED) is 0.212. The lowest BCUT2D eigenvalue weighted by Gasteiger charge is -2.18. The summed E-state index contributed by atoms with van der Waals surface area (Å²) in [7, 11) is 4.22. The predicted molar refractivity (Wildman–Crippen MR) is 96.7 cm³/mol. The van der Waals surface area contributed by atoms with Crippen molar-refractivity contribution in [2.45, 2.75) is 6.92 Å². The van der Waals surface area contributed by atoms with Crippen LogP contribution in [-0.2, 0) is 4.84 Å². The summed E-state index contributed by atoms with van der Waals surface area (Å²) in [6.07, 6.45) is 3.42. The van der Waals surface area contributed by atoms with Gasteiger partial charge in [0.2, 0.25) is 11.6 Å². The molecule has 0 saturated heterocycles. The molecule has 0 unspecified atom stereocenters. The van der Waals surface area contributed by atoms with Crippen LogP contribution in [0, 0.1) is 5.82 Å². The van der Waals surface area contributed by atoms with Gasteiger partial charge in [-0.15, -0.1) is 0 Å². The minimum absolute atomic E-state index is 0.0550. The number of hydroxylamine groups is 2. The van der Waals surface area contributed by atoms with Crippen molar-refractivity contribution in [2.24, 2.45) is 0 Å². The van der Waals surface area contributed by atoms with Crippen molar-refractivity contribution in [3.63, 3.8) is 0 Å². The Bertz CT molecular complexity index is 710. The largest absolute Gasteiger partial charge is 0.479 e. The normalized spacial score (nSPS) is 10.7. The minimum Gasteiger partial charge on any atom is -0.479 e. The fraction of sp³-hybridized carbons (Fsp3) is 0.333. The molecule has 0 atom stereocenters. The molecule has 2 rings (SSSR count). The maximum atomic E-state index is 13.4. The molecule has 25 heavy (non-hydrogen) atoms. The molecule has 2 aromatic rings. The zero-order valence-corrected chi connectivity index (χ0v) is 16.4. The second kappa shape index (κ2) is 10.7. The number of hydrogen-bond donors (Lipinski definition) is 0. The van der Waals surface area contributed by atoms with E-state index >= 15 is 0 Å². The highest BCUT2D eigenvalue weighted by Crippen LogP contribution is 2.19. The molecule has 8 nitrogen and oxygen atoms in total. The van der Waals surface area contributed by atoms with Crippen LogP contribution in [0.25, 0.3) is 5.70 Å². The van der Waals surface area contributed by atoms with Crippen molar-refractivity contribution in [3.05, 3.63) is 41.9 Å². The van der Waals surface area contributed by atoms with Crippen molar-refractivity contribution < 1.29 is 23.3 Å². The van der Waals surface area contributed by atoms with Crippen LogP contribution in [0.3, 0.4) is 0 Å². The van der Waals surface area contributed by atoms with Gasteiger partial charge in [0.15, 0.2) is 11.5 Å². The molecular weight excluding hydrogens is 446 g/mol. The van der Waals surface area contributed by atoms with Gasteiger partial charge >= 0.3 is 0 Å². The van der Waals surface area contributed by atoms with E-state index in [1.165, 1.54) is 42.1 Å². The van der Waals surface area contributed by atoms with Crippen molar-refractivity contribution in [2.75, 3.05) is 25.7 Å². The van der Waals surface area contributed by atoms with E-state index in [4.69, 9.17) is 9.57 Å². The number of halogens is 2. The van der Waals surface area contributed by atoms with E-state index in [1.807, 2.05) is 0 Å². The van der Waals surface area contributed by atoms with Crippen molar-refractivity contribution in [1.82, 2.24) is 20.2 Å². The number of methoxy groups -OCH3 is 1. The minimum atomic E-state index is -0.714. The van der Waals surface area contributed by atoms with Crippen molar-refractivity contribution in [3.8, 4) is 5.88 Å². The van der Waals surface area contributed by atoms with Gasteiger partial charge in [0.25, 0.3) is 5.88 Å². The van der Waals surface area contributed by atoms with E-state index in [2.05, 4.69) is 49.2 Å². The summed E-state index contributed by atoms with van der Waals surface area (Å²) < 4.78 is 24.0. The molecule has 0 N–H and O–H groups in total. The van der Waals surface area contributed by atoms with Gasteiger partial charge in [-0.3, -0.25) is 14.7 Å². The second-order valence-electron chi connectivity index (χ2n) is 4.28. The summed E-state index contributed by atoms with van der Waals surface area (Å²) in [5, 5.41) is 4.80. The fourth-order valence-corrected chi connectivity index (χ4v) is 1.55. The molecule has 0 saturated carbocycles. The third kappa shape index (κ3) is 6.05. The number of alkyl halides is 1. The van der Waals surface area contributed by atoms with Crippen LogP contribution < -0.4 is 4.74 Å². The van der Waals surface area contributed by atoms with Crippen LogP contribution in [-0.4, -0.2) is 51.7 Å². The van der Waals surface area contributed by atoms with Crippen LogP contribution in [0.2, 0.25) is 0 Å². The van der Waals surface area contributed by atoms with Gasteiger partial charge in [-0.1, -0.05) is 34.7 Å². The first-order valence-corrected chi connectivity index (χ1v) is 8.58. The first kappa shape index (κ1) is 21.0. The average Bonchev–Trinajstić information content (AvgIpc) is 3.15. The van der Waals surface area contributed by atoms with E-state index in [0.717, 1.165) is 6.20 Å². The number of carbonyl (C=O) groups excluding carboxylic acids is 1. The molecule has 10 heteroatoms. The summed E-state index contributed by atoms with van der Waals surface area (Å²) in [4.78, 5) is 24.9. The maximum absolute atomic E-state index is 13.4. The molecule has 2 aromatic heterocycles. The van der Waals surface area contributed by atoms with E-state index < -0.39 is 11.6 Å². The molecule has 2 heterocycles. The van der Waals surface area contributed by atoms with Crippen molar-refractivity contribution >= 4 is 34.1 Å². The Morgan fingerprint density at radius 2 is 2.16 bits per heavy atom. The molecular formula is C15H18FIN4O4. The highest BCUT2D eigenvalue weighted by Gasteiger charge is 2.17. The Kier molecular flexibility index (Phi) is 8.99. The lowest BCUT2D eigenvalue weighted by molar-refractivity contribution is -0.0533. The molecule has 0 aliphatic carbocycles. The molecule has 0 radical (unpaired) electrons. The zero-order valence-electron chi connectivity index (χ0n) is 14.2. The van der Waals surface area contributed by atoms with Gasteiger partial charge in [-0.05, 0) is 4.43 Å². The van der Waals surface area contributed by atoms with E-state index in [1.54, 1.807) is 7.05 Å². The predicted octanol–water partition coefficient (Wildman–Crippen LogP) is 2.77. The van der Waals surface area contributed by atoms with Crippen LogP contribution in [0.15, 0.2) is 29.1 Å². The second-order valence-corrected chi connectivity index (χ2v) is 5.80. The monoisotopic (exact) mass is 464 g/mol. The third-order valence-corrected chi connectivity index (χ3v) is 2.71. The number of ketones is 1. The molecule has 0 aliphatic rings. The molecule has 0 aliphatic heterocycles. The van der Waals surface area contributed by atoms with Crippen LogP contribution in [0.5, 0.6) is 5.88 Å². The topological polar surface area (TPSA) is 90.6 Å². The molecule has 0 amide bonds. The van der Waals surface area contributed by atoms with Crippen LogP contribution in [0.1, 0.15) is 23.2 Å². The third-order valence-electron chi connectivity index (χ3n) is 2.71. The summed E-state index contributed by atoms with van der Waals surface area (Å²) in [6.45, 7) is 2.11. The lowest BCUT2D eigenvalue weighted by atomic mass is 10.2. The smallest absolute Gasteiger partial charge is 0.253 e. The van der Waals surface area contributed by atoms with Gasteiger partial charge in [0.05, 0.1) is 20.4 Å². The number of aromatic nitrogens is 3. The van der Waals surface area contributed by atoms with E-state index in [0.29, 0.717) is 0 Å². The molecule has 0 fully saturated rings. The number of nitrogens with zero attached hydrogens (tertiary/aromatic N) is 4. The highest BCUT2D eigenvalue weighted by atomic mass is 127. The summed E-state index contributed by atoms with van der Waals surface area (Å²) in [5.74, 6) is -1.35. The van der Waals surface area contributed by atoms with Gasteiger partial charge < -0.3 is 9.26 Å². The number of carbonyl (C=O) groups is 1. The standard InChI is InChI=1S/C13H13FN4O4.C2H5I/c1-18(21-3)10(6-11(19)9-4-5-22-17-9)12-15-7-8(14)13(16-12)20-2;1-2-3/h4-7H,1-3H3;2H2,1H3/b10-6+;. The molecule has 0 bridgehead atoms. The number of ether oxygens (including phenoxy) is 1. The Morgan fingerprint density at radius 3 is 2.68 bits per heavy atom. The highest BCUT2D eigenvalue weighted by molar-refractivity contribution is 14.1. The Morgan fingerprint density at radius 1 is 1.48 bits per heavy atom. The first-order valence-electron chi connectivity index (χ1n) is 7.05. The Hall–Kier alpha value is -2.08. The number of rotatable bonds is 6. The SMILES string of the molecule is CCI.COc1nc(/C(=C\C(=O)c2ccon2)N(C)OC)ncc1F. The van der Waals surface area contributed by atoms with E-state index in [-0.39, 0.29) is 23.1 Å². The summed E-state index contributed by atoms with van der Waals surface area (Å²) in [6, 6.07) is 1.41. The van der Waals surface area contributed by atoms with Crippen LogP contribution in [0.4, 0.5) is 4.39 Å². The van der Waals surface area contributed by atoms with Gasteiger partial charge in [0, 0.05) is 19.2 Å². The molecule has 136 valence electrons. The zero-order chi connectivity index (χ0) is 18.8. The maximum Gasteiger partial charge on any atom is 0.253 e. The fourth-order valence-electron chi connectivity index (χ4n) is 1.55. The molecule has 0 aromatic carbocycles. The molecule has 0 spiro atoms. The van der Waals surface area contributed by atoms with Gasteiger partial charge in [0.1, 0.15) is 12.0 Å². The van der Waals surface area contributed by atoms with Gasteiger partial charge in [-0.2, -0.15) is 9.37 Å². The lowest BCUT2D eigenvalue weighted by Crippen LogP contribution is -2.18. The average molecular weight is 464 g/mol. The summed E-state index contributed by atoms with van der Waals surface area (Å²) in [5.41, 5.74) is 0.310. The number of allylic oxidation sites excluding steroid dienone is 1. The van der Waals surface area contributed by atoms with Crippen molar-refractivity contribution in [1.29, 1.82) is 0 Å². The Balaban J connectivity index is 0.000000970. The van der Waals surface area contributed by atoms with E-state index in [9.17, 15) is 9.18 Å². The Labute approximate surface area is 158 Å². The van der Waals surface area contributed by atoms with Crippen LogP contribution >= 0.6 is 22.6 Å².